The van der Waals surface area contributed by atoms with Crippen LogP contribution >= 0.6 is 11.8 Å². The number of nitrogens with one attached hydrogen (secondary N) is 1. The van der Waals surface area contributed by atoms with E-state index in [9.17, 15) is 4.79 Å². The molecule has 0 atom stereocenters. The molecule has 8 heteroatoms. The predicted molar refractivity (Wildman–Crippen MR) is 122 cm³/mol. The first-order valence-electron chi connectivity index (χ1n) is 9.83. The molecule has 0 unspecified atom stereocenters. The number of aryl methyl sites for hydroxylation is 3. The van der Waals surface area contributed by atoms with Crippen LogP contribution in [-0.4, -0.2) is 30.9 Å². The fraction of sp³-hybridized carbons (Fsp3) is 0.174. The summed E-state index contributed by atoms with van der Waals surface area (Å²) in [6.07, 6.45) is 0. The van der Waals surface area contributed by atoms with Crippen LogP contribution in [0.1, 0.15) is 33.1 Å². The molecule has 0 bridgehead atoms. The van der Waals surface area contributed by atoms with E-state index in [4.69, 9.17) is 0 Å². The molecule has 0 aliphatic carbocycles. The Morgan fingerprint density at radius 3 is 2.32 bits per heavy atom. The van der Waals surface area contributed by atoms with Crippen LogP contribution in [0.4, 0.5) is 5.69 Å². The van der Waals surface area contributed by atoms with Crippen molar-refractivity contribution in [1.29, 1.82) is 0 Å². The van der Waals surface area contributed by atoms with Gasteiger partial charge in [-0.1, -0.05) is 52.9 Å². The SMILES string of the molecule is Cc1ccc(NC(=O)c2nnn(-c3ccccc3)c2CSc2nc(C)cc(C)n2)cc1. The molecular weight excluding hydrogens is 408 g/mol. The molecule has 0 saturated heterocycles. The van der Waals surface area contributed by atoms with E-state index < -0.39 is 0 Å². The number of para-hydroxylation sites is 1. The zero-order valence-electron chi connectivity index (χ0n) is 17.5. The van der Waals surface area contributed by atoms with Gasteiger partial charge in [-0.15, -0.1) is 5.10 Å². The van der Waals surface area contributed by atoms with Crippen molar-refractivity contribution in [3.05, 3.63) is 89.0 Å². The van der Waals surface area contributed by atoms with Crippen LogP contribution in [-0.2, 0) is 5.75 Å². The second kappa shape index (κ2) is 9.09. The number of anilines is 1. The lowest BCUT2D eigenvalue weighted by molar-refractivity contribution is 0.102. The van der Waals surface area contributed by atoms with Crippen LogP contribution in [0.3, 0.4) is 0 Å². The highest BCUT2D eigenvalue weighted by molar-refractivity contribution is 7.98. The monoisotopic (exact) mass is 430 g/mol. The summed E-state index contributed by atoms with van der Waals surface area (Å²) >= 11 is 1.45. The Morgan fingerprint density at radius 2 is 1.65 bits per heavy atom. The molecule has 31 heavy (non-hydrogen) atoms. The fourth-order valence-electron chi connectivity index (χ4n) is 3.10. The van der Waals surface area contributed by atoms with Crippen molar-refractivity contribution >= 4 is 23.4 Å². The number of hydrogen-bond acceptors (Lipinski definition) is 6. The average Bonchev–Trinajstić information content (AvgIpc) is 3.18. The standard InChI is InChI=1S/C23H22N6OS/c1-15-9-11-18(12-10-15)26-22(30)21-20(14-31-23-24-16(2)13-17(3)25-23)29(28-27-21)19-7-5-4-6-8-19/h4-13H,14H2,1-3H3,(H,26,30). The van der Waals surface area contributed by atoms with Gasteiger partial charge < -0.3 is 5.32 Å². The summed E-state index contributed by atoms with van der Waals surface area (Å²) in [5.41, 5.74) is 5.44. The number of hydrogen-bond donors (Lipinski definition) is 1. The Morgan fingerprint density at radius 1 is 0.968 bits per heavy atom. The minimum atomic E-state index is -0.303. The van der Waals surface area contributed by atoms with E-state index in [1.165, 1.54) is 11.8 Å². The van der Waals surface area contributed by atoms with Gasteiger partial charge in [-0.25, -0.2) is 14.6 Å². The molecule has 2 aromatic carbocycles. The molecule has 1 amide bonds. The van der Waals surface area contributed by atoms with E-state index >= 15 is 0 Å². The summed E-state index contributed by atoms with van der Waals surface area (Å²) < 4.78 is 1.69. The van der Waals surface area contributed by atoms with Gasteiger partial charge >= 0.3 is 0 Å². The molecule has 4 rings (SSSR count). The Bertz CT molecular complexity index is 1180. The lowest BCUT2D eigenvalue weighted by Crippen LogP contribution is -2.15. The van der Waals surface area contributed by atoms with Gasteiger partial charge in [0.05, 0.1) is 11.4 Å². The van der Waals surface area contributed by atoms with Crippen LogP contribution in [0.25, 0.3) is 5.69 Å². The summed E-state index contributed by atoms with van der Waals surface area (Å²) in [5.74, 6) is 0.143. The van der Waals surface area contributed by atoms with Gasteiger partial charge in [0.15, 0.2) is 10.9 Å². The number of amides is 1. The van der Waals surface area contributed by atoms with Gasteiger partial charge in [-0.3, -0.25) is 4.79 Å². The predicted octanol–water partition coefficient (Wildman–Crippen LogP) is 4.53. The van der Waals surface area contributed by atoms with Gasteiger partial charge in [-0.2, -0.15) is 0 Å². The molecule has 0 fully saturated rings. The highest BCUT2D eigenvalue weighted by atomic mass is 32.2. The third-order valence-electron chi connectivity index (χ3n) is 4.59. The molecule has 0 spiro atoms. The van der Waals surface area contributed by atoms with Crippen LogP contribution in [0.15, 0.2) is 65.8 Å². The molecule has 156 valence electrons. The first-order valence-corrected chi connectivity index (χ1v) is 10.8. The van der Waals surface area contributed by atoms with E-state index in [-0.39, 0.29) is 11.6 Å². The summed E-state index contributed by atoms with van der Waals surface area (Å²) in [7, 11) is 0. The topological polar surface area (TPSA) is 85.6 Å². The molecule has 4 aromatic rings. The number of thioether (sulfide) groups is 1. The third kappa shape index (κ3) is 4.97. The zero-order chi connectivity index (χ0) is 21.8. The van der Waals surface area contributed by atoms with Crippen LogP contribution in [0.2, 0.25) is 0 Å². The van der Waals surface area contributed by atoms with Crippen molar-refractivity contribution < 1.29 is 4.79 Å². The van der Waals surface area contributed by atoms with Crippen LogP contribution < -0.4 is 5.32 Å². The number of carbonyl (C=O) groups excluding carboxylic acids is 1. The van der Waals surface area contributed by atoms with Crippen molar-refractivity contribution in [1.82, 2.24) is 25.0 Å². The molecule has 2 aromatic heterocycles. The maximum absolute atomic E-state index is 13.0. The maximum atomic E-state index is 13.0. The molecule has 2 heterocycles. The van der Waals surface area contributed by atoms with E-state index in [2.05, 4.69) is 25.6 Å². The Hall–Kier alpha value is -3.52. The summed E-state index contributed by atoms with van der Waals surface area (Å²) in [4.78, 5) is 22.0. The smallest absolute Gasteiger partial charge is 0.278 e. The third-order valence-corrected chi connectivity index (χ3v) is 5.45. The van der Waals surface area contributed by atoms with Crippen molar-refractivity contribution in [3.8, 4) is 5.69 Å². The van der Waals surface area contributed by atoms with Crippen LogP contribution in [0.5, 0.6) is 0 Å². The van der Waals surface area contributed by atoms with Crippen LogP contribution in [0, 0.1) is 20.8 Å². The molecule has 0 radical (unpaired) electrons. The van der Waals surface area contributed by atoms with Crippen molar-refractivity contribution in [2.24, 2.45) is 0 Å². The quantitative estimate of drug-likeness (QED) is 0.357. The minimum Gasteiger partial charge on any atom is -0.321 e. The Kier molecular flexibility index (Phi) is 6.08. The second-order valence-electron chi connectivity index (χ2n) is 7.17. The van der Waals surface area contributed by atoms with E-state index in [1.807, 2.05) is 81.4 Å². The maximum Gasteiger partial charge on any atom is 0.278 e. The summed E-state index contributed by atoms with van der Waals surface area (Å²) in [6.45, 7) is 5.88. The fourth-order valence-corrected chi connectivity index (χ4v) is 4.04. The molecule has 0 aliphatic rings. The van der Waals surface area contributed by atoms with Crippen molar-refractivity contribution in [3.63, 3.8) is 0 Å². The Labute approximate surface area is 184 Å². The van der Waals surface area contributed by atoms with Gasteiger partial charge in [0.25, 0.3) is 5.91 Å². The molecule has 0 saturated carbocycles. The van der Waals surface area contributed by atoms with Gasteiger partial charge in [0.1, 0.15) is 0 Å². The summed E-state index contributed by atoms with van der Waals surface area (Å²) in [5, 5.41) is 12.0. The number of carbonyl (C=O) groups is 1. The highest BCUT2D eigenvalue weighted by Crippen LogP contribution is 2.24. The first-order chi connectivity index (χ1) is 15.0. The molecule has 0 aliphatic heterocycles. The van der Waals surface area contributed by atoms with Crippen molar-refractivity contribution in [2.45, 2.75) is 31.7 Å². The zero-order valence-corrected chi connectivity index (χ0v) is 18.3. The average molecular weight is 431 g/mol. The van der Waals surface area contributed by atoms with Gasteiger partial charge in [-0.05, 0) is 51.1 Å². The van der Waals surface area contributed by atoms with Gasteiger partial charge in [0, 0.05) is 22.8 Å². The highest BCUT2D eigenvalue weighted by Gasteiger charge is 2.21. The molecule has 7 nitrogen and oxygen atoms in total. The largest absolute Gasteiger partial charge is 0.321 e. The lowest BCUT2D eigenvalue weighted by Gasteiger charge is -2.09. The summed E-state index contributed by atoms with van der Waals surface area (Å²) in [6, 6.07) is 19.2. The number of rotatable bonds is 6. The molecule has 1 N–H and O–H groups in total. The number of benzene rings is 2. The molecular formula is C23H22N6OS. The normalized spacial score (nSPS) is 10.8. The minimum absolute atomic E-state index is 0.279. The van der Waals surface area contributed by atoms with E-state index in [0.717, 1.165) is 22.6 Å². The number of nitrogens with zero attached hydrogens (tertiary/aromatic N) is 5. The number of aromatic nitrogens is 5. The Balaban J connectivity index is 1.65. The van der Waals surface area contributed by atoms with Crippen molar-refractivity contribution in [2.75, 3.05) is 5.32 Å². The lowest BCUT2D eigenvalue weighted by atomic mass is 10.2. The first kappa shape index (κ1) is 20.7. The van der Waals surface area contributed by atoms with E-state index in [1.54, 1.807) is 4.68 Å². The second-order valence-corrected chi connectivity index (χ2v) is 8.12. The van der Waals surface area contributed by atoms with Gasteiger partial charge in [0.2, 0.25) is 0 Å². The van der Waals surface area contributed by atoms with E-state index in [0.29, 0.717) is 22.3 Å².